The Bertz CT molecular complexity index is 4760. The summed E-state index contributed by atoms with van der Waals surface area (Å²) in [5, 5.41) is 30.8. The molecule has 99 heavy (non-hydrogen) atoms. The molecule has 0 amide bonds. The fourth-order valence-electron chi connectivity index (χ4n) is 10.2. The van der Waals surface area contributed by atoms with E-state index in [1.165, 1.54) is 18.2 Å². The summed E-state index contributed by atoms with van der Waals surface area (Å²) in [7, 11) is -4.79. The molecule has 0 bridgehead atoms. The molecule has 19 radical (unpaired) electrons. The number of carbonyl (C=O) groups excluding carboxylic acids is 2. The van der Waals surface area contributed by atoms with Crippen molar-refractivity contribution in [2.24, 2.45) is 10.2 Å². The number of carboxylic acids is 1. The van der Waals surface area contributed by atoms with E-state index in [9.17, 15) is 47.2 Å². The molecule has 0 fully saturated rings. The predicted molar refractivity (Wildman–Crippen MR) is 306 cm³/mol. The first-order valence-electron chi connectivity index (χ1n) is 24.3. The van der Waals surface area contributed by atoms with Gasteiger partial charge in [0.2, 0.25) is 0 Å². The van der Waals surface area contributed by atoms with E-state index in [-0.39, 0.29) is 461 Å². The van der Waals surface area contributed by atoms with Gasteiger partial charge in [-0.15, -0.1) is 10.2 Å². The summed E-state index contributed by atoms with van der Waals surface area (Å²) in [5.74, 6) is -1.89. The summed E-state index contributed by atoms with van der Waals surface area (Å²) in [5.41, 5.74) is 11.8. The summed E-state index contributed by atoms with van der Waals surface area (Å²) in [4.78, 5) is 69.0. The number of H-pyrrole nitrogens is 2. The molecule has 2 aliphatic carbocycles. The molecule has 0 saturated carbocycles. The molecule has 0 aliphatic heterocycles. The van der Waals surface area contributed by atoms with Crippen LogP contribution >= 0.6 is 9.90 Å². The number of fused-ring (bicyclic) bond motifs is 9. The van der Waals surface area contributed by atoms with Gasteiger partial charge in [0, 0.05) is 413 Å². The third kappa shape index (κ3) is 29.1. The van der Waals surface area contributed by atoms with E-state index < -0.39 is 26.7 Å². The Morgan fingerprint density at radius 1 is 0.424 bits per heavy atom. The maximum absolute atomic E-state index is 13.0. The van der Waals surface area contributed by atoms with Crippen molar-refractivity contribution in [1.82, 2.24) is 9.97 Å². The minimum Gasteiger partial charge on any atom is -0.744 e. The van der Waals surface area contributed by atoms with Gasteiger partial charge in [-0.1, -0.05) is 96.1 Å². The van der Waals surface area contributed by atoms with Crippen LogP contribution in [-0.4, -0.2) is 50.7 Å². The van der Waals surface area contributed by atoms with Gasteiger partial charge < -0.3 is 24.7 Å². The van der Waals surface area contributed by atoms with Crippen molar-refractivity contribution < 1.29 is 449 Å². The van der Waals surface area contributed by atoms with E-state index in [2.05, 4.69) is 20.2 Å². The molecule has 11 aromatic rings. The minimum atomic E-state index is -4.79. The summed E-state index contributed by atoms with van der Waals surface area (Å²) < 4.78 is 34.4. The SMILES string of the molecule is Cc1ccc(N=Nc2c(O)c(C(=O)O)cc3ccccc23)c(S(=O)(=O)[O-])c1.Cc1ccc2c(c1)C(=O)c1cc3[nH]c4ccc(C)cc4c(=O)c3cc1C2.O=C1c2ccccc2Cc2cc3c(=O)c4ccccc4[nH]c3cc21.P.[Na+].[Na+].[V].[V].[V].[V].[V].[V].[V].[V].[V].[V].[V].[V].[V].[V].[V].[V].[V].[V].[V]. The van der Waals surface area contributed by atoms with Gasteiger partial charge in [-0.25, -0.2) is 13.2 Å². The Kier molecular flexibility index (Phi) is 74.4. The number of aromatic hydroxyl groups is 1. The number of carbonyl (C=O) groups is 3. The standard InChI is InChI=1S/C23H17NO2.C21H13NO2.C18H14N2O6S.2Na.H3P.19V/c1-12-3-5-14-9-15-10-19-21(11-17(15)22(25)16(14)7-12)24-20-6-4-13(2)8-18(20)23(19)26;23-20-14-6-2-1-5-12(14)9-13-10-17-19(11-16(13)20)22-18-8-4-3-7-15(18)21(17)24;1-10-6-7-14(15(8-10)27(24,25)26)19-20-16-12-5-3-2-4-11(12)9-13(17(16)21)18(22)23;;;;;;;;;;;;;;;;;;;;;;/h3-8,10-11H,9H2,1-2H3,(H,24,26);1-8,10-11H,9H2,(H,22,24);2-9,21H,1H3,(H,22,23)(H,24,25,26);;;1H3;;;;;;;;;;;;;;;;;;;/q;;;2*+1;;;;;;;;;;;;;;;;;;;;/p-1. The second-order valence-electron chi connectivity index (χ2n) is 19.2. The molecule has 4 N–H and O–H groups in total. The number of nitrogens with zero attached hydrogens (tertiary/aromatic N) is 2. The average molecular weight is 2080 g/mol. The van der Waals surface area contributed by atoms with Crippen molar-refractivity contribution in [2.75, 3.05) is 0 Å². The van der Waals surface area contributed by atoms with Gasteiger partial charge in [-0.05, 0) is 140 Å². The molecule has 37 heteroatoms. The summed E-state index contributed by atoms with van der Waals surface area (Å²) in [6.07, 6.45) is 1.36. The number of pyridine rings is 2. The molecule has 2 heterocycles. The summed E-state index contributed by atoms with van der Waals surface area (Å²) >= 11 is 0. The monoisotopic (exact) mass is 2080 g/mol. The number of benzene rings is 9. The zero-order chi connectivity index (χ0) is 54.0. The number of ketones is 2. The molecule has 13 rings (SSSR count). The average Bonchev–Trinajstić information content (AvgIpc) is 0.756. The molecule has 0 spiro atoms. The number of aromatic amines is 2. The number of azo groups is 1. The number of nitrogens with one attached hydrogen (secondary N) is 2. The fraction of sp³-hybridized carbons (Fsp3) is 0.0806. The van der Waals surface area contributed by atoms with Gasteiger partial charge >= 0.3 is 65.1 Å². The van der Waals surface area contributed by atoms with Crippen molar-refractivity contribution in [2.45, 2.75) is 38.5 Å². The third-order valence-corrected chi connectivity index (χ3v) is 14.9. The quantitative estimate of drug-likeness (QED) is 0.0516. The predicted octanol–water partition coefficient (Wildman–Crippen LogP) is 6.14. The molecule has 2 aliphatic rings. The normalized spacial score (nSPS) is 9.86. The van der Waals surface area contributed by atoms with Gasteiger partial charge in [0.1, 0.15) is 27.1 Å². The first kappa shape index (κ1) is 129. The van der Waals surface area contributed by atoms with E-state index in [1.807, 2.05) is 123 Å². The van der Waals surface area contributed by atoms with E-state index in [0.29, 0.717) is 67.4 Å². The first-order valence-corrected chi connectivity index (χ1v) is 25.7. The maximum atomic E-state index is 13.0. The number of hydrogen-bond donors (Lipinski definition) is 4. The molecule has 14 nitrogen and oxygen atoms in total. The van der Waals surface area contributed by atoms with Crippen LogP contribution in [0.4, 0.5) is 11.4 Å². The van der Waals surface area contributed by atoms with Crippen LogP contribution in [0.3, 0.4) is 0 Å². The fourth-order valence-corrected chi connectivity index (χ4v) is 10.8. The number of aryl methyl sites for hydroxylation is 3. The molecule has 481 valence electrons. The third-order valence-electron chi connectivity index (χ3n) is 14.0. The smallest absolute Gasteiger partial charge is 0.744 e. The number of aromatic nitrogens is 2. The van der Waals surface area contributed by atoms with E-state index >= 15 is 0 Å². The van der Waals surface area contributed by atoms with Gasteiger partial charge in [0.05, 0.1) is 15.9 Å². The van der Waals surface area contributed by atoms with E-state index in [4.69, 9.17) is 0 Å². The van der Waals surface area contributed by atoms with Gasteiger partial charge in [0.15, 0.2) is 28.2 Å². The van der Waals surface area contributed by atoms with Gasteiger partial charge in [0.25, 0.3) is 0 Å². The van der Waals surface area contributed by atoms with Crippen LogP contribution in [0.15, 0.2) is 182 Å². The Morgan fingerprint density at radius 3 is 1.36 bits per heavy atom. The van der Waals surface area contributed by atoms with Crippen LogP contribution in [0.5, 0.6) is 5.75 Å². The van der Waals surface area contributed by atoms with Crippen LogP contribution in [0, 0.1) is 20.8 Å². The Hall–Kier alpha value is 3.83. The van der Waals surface area contributed by atoms with E-state index in [0.717, 1.165) is 61.1 Å². The van der Waals surface area contributed by atoms with Crippen molar-refractivity contribution in [1.29, 1.82) is 0 Å². The van der Waals surface area contributed by atoms with Gasteiger partial charge in [-0.3, -0.25) is 19.2 Å². The molecule has 0 saturated heterocycles. The number of para-hydroxylation sites is 1. The molecule has 9 aromatic carbocycles. The zero-order valence-electron chi connectivity index (χ0n) is 52.6. The maximum Gasteiger partial charge on any atom is 1.00 e. The zero-order valence-corrected chi connectivity index (χ0v) is 85.4. The van der Waals surface area contributed by atoms with E-state index in [1.54, 1.807) is 37.3 Å². The second-order valence-corrected chi connectivity index (χ2v) is 20.6. The molecule has 1 atom stereocenters. The van der Waals surface area contributed by atoms with Crippen molar-refractivity contribution in [3.63, 3.8) is 0 Å². The topological polar surface area (TPSA) is 239 Å². The van der Waals surface area contributed by atoms with Crippen LogP contribution in [0.1, 0.15) is 81.1 Å². The summed E-state index contributed by atoms with van der Waals surface area (Å²) in [6.45, 7) is 5.59. The van der Waals surface area contributed by atoms with Crippen molar-refractivity contribution in [3.05, 3.63) is 245 Å². The van der Waals surface area contributed by atoms with Crippen LogP contribution in [-0.2, 0) is 376 Å². The summed E-state index contributed by atoms with van der Waals surface area (Å²) in [6, 6.07) is 46.3. The molecular formula is C62H46N4Na2O10PSV19+. The molecule has 1 unspecified atom stereocenters. The Labute approximate surface area is 847 Å². The van der Waals surface area contributed by atoms with Crippen molar-refractivity contribution >= 4 is 103 Å². The number of aromatic carboxylic acids is 1. The first-order chi connectivity index (χ1) is 36.9. The number of rotatable bonds is 4. The van der Waals surface area contributed by atoms with Crippen LogP contribution < -0.4 is 70.0 Å². The Morgan fingerprint density at radius 2 is 0.828 bits per heavy atom. The number of phenols is 1. The number of carboxylic acid groups (broad SMARTS) is 1. The molecule has 2 aromatic heterocycles. The Balaban J connectivity index is -0.000000103. The van der Waals surface area contributed by atoms with Crippen LogP contribution in [0.25, 0.3) is 54.4 Å². The number of hydrogen-bond acceptors (Lipinski definition) is 11. The van der Waals surface area contributed by atoms with Crippen LogP contribution in [0.2, 0.25) is 0 Å². The molecular weight excluding hydrogens is 2040 g/mol. The minimum absolute atomic E-state index is 0. The largest absolute Gasteiger partial charge is 1.00 e. The van der Waals surface area contributed by atoms with Crippen molar-refractivity contribution in [3.8, 4) is 5.75 Å². The second kappa shape index (κ2) is 57.0. The van der Waals surface area contributed by atoms with Gasteiger partial charge in [-0.2, -0.15) is 9.90 Å².